The summed E-state index contributed by atoms with van der Waals surface area (Å²) in [6.45, 7) is 8.63. The van der Waals surface area contributed by atoms with Gasteiger partial charge in [-0.3, -0.25) is 0 Å². The maximum atomic E-state index is 9.45. The number of hydrogen-bond donors (Lipinski definition) is 1. The quantitative estimate of drug-likeness (QED) is 0.412. The van der Waals surface area contributed by atoms with Crippen LogP contribution in [0.2, 0.25) is 0 Å². The Morgan fingerprint density at radius 1 is 1.22 bits per heavy atom. The van der Waals surface area contributed by atoms with Gasteiger partial charge < -0.3 is 4.89 Å². The standard InChI is InChI=1S/C8H19OP.C5H5.2BrH.Ir/c1-7(2)5-10(9)6-8(3)4;1-2-4-5-3-1;;;/h7-9H,5-6H2,1-4H3;1-3H,4H2;2*1H;/q;;;;+2/p-2. The summed E-state index contributed by atoms with van der Waals surface area (Å²) < 4.78 is 1.56. The number of halogens is 2. The molecule has 0 atom stereocenters. The zero-order valence-corrected chi connectivity index (χ0v) is 18.0. The van der Waals surface area contributed by atoms with Crippen molar-refractivity contribution in [3.05, 3.63) is 22.3 Å². The molecular formula is C13H24Br2IrOP. The first-order chi connectivity index (χ1) is 8.32. The minimum atomic E-state index is -1.03. The van der Waals surface area contributed by atoms with Crippen molar-refractivity contribution in [3.63, 3.8) is 0 Å². The van der Waals surface area contributed by atoms with E-state index in [2.05, 4.69) is 72.9 Å². The molecule has 1 aliphatic rings. The van der Waals surface area contributed by atoms with E-state index in [1.54, 1.807) is 4.09 Å². The van der Waals surface area contributed by atoms with Gasteiger partial charge in [0.25, 0.3) is 0 Å². The molecule has 0 aromatic rings. The Kier molecular flexibility index (Phi) is 12.1. The van der Waals surface area contributed by atoms with Crippen LogP contribution in [0.15, 0.2) is 22.3 Å². The van der Waals surface area contributed by atoms with E-state index < -0.39 is 20.6 Å². The molecule has 0 unspecified atom stereocenters. The van der Waals surface area contributed by atoms with Crippen molar-refractivity contribution >= 4 is 35.1 Å². The Morgan fingerprint density at radius 2 is 1.72 bits per heavy atom. The van der Waals surface area contributed by atoms with Crippen molar-refractivity contribution in [2.45, 2.75) is 34.1 Å². The number of rotatable bonds is 5. The molecule has 5 heteroatoms. The van der Waals surface area contributed by atoms with E-state index in [9.17, 15) is 4.89 Å². The Hall–Kier alpha value is 1.48. The molecule has 1 aliphatic carbocycles. The fourth-order valence-electron chi connectivity index (χ4n) is 1.42. The van der Waals surface area contributed by atoms with Crippen LogP contribution in [0.5, 0.6) is 0 Å². The SMILES string of the molecule is CC(C)CP(O)CC(C)C.[Br][Ir]([Br])[C]1=CC=CC1. The summed E-state index contributed by atoms with van der Waals surface area (Å²) in [5, 5.41) is 0. The molecular weight excluding hydrogens is 555 g/mol. The molecule has 0 amide bonds. The van der Waals surface area contributed by atoms with E-state index in [4.69, 9.17) is 0 Å². The fraction of sp³-hybridized carbons (Fsp3) is 0.692. The van der Waals surface area contributed by atoms with Crippen LogP contribution in [0.1, 0.15) is 34.1 Å². The second-order valence-corrected chi connectivity index (χ2v) is 24.0. The second-order valence-electron chi connectivity index (χ2n) is 5.05. The molecule has 0 spiro atoms. The van der Waals surface area contributed by atoms with Gasteiger partial charge in [-0.1, -0.05) is 27.7 Å². The van der Waals surface area contributed by atoms with Gasteiger partial charge in [0, 0.05) is 8.15 Å². The predicted molar refractivity (Wildman–Crippen MR) is 88.2 cm³/mol. The van der Waals surface area contributed by atoms with Crippen LogP contribution in [-0.2, 0) is 12.5 Å². The maximum absolute atomic E-state index is 9.45. The van der Waals surface area contributed by atoms with Crippen LogP contribution in [0.3, 0.4) is 0 Å². The molecule has 1 rings (SSSR count). The zero-order chi connectivity index (χ0) is 14.1. The molecule has 0 heterocycles. The molecule has 18 heavy (non-hydrogen) atoms. The summed E-state index contributed by atoms with van der Waals surface area (Å²) in [4.78, 5) is 9.45. The van der Waals surface area contributed by atoms with Crippen molar-refractivity contribution in [2.24, 2.45) is 11.8 Å². The summed E-state index contributed by atoms with van der Waals surface area (Å²) in [7, 11) is -0.659. The van der Waals surface area contributed by atoms with Gasteiger partial charge in [-0.15, -0.1) is 0 Å². The molecule has 0 saturated heterocycles. The summed E-state index contributed by atoms with van der Waals surface area (Å²) in [5.74, 6) is 1.30. The average molecular weight is 579 g/mol. The molecule has 0 fully saturated rings. The fourth-order valence-corrected chi connectivity index (χ4v) is 7.65. The van der Waals surface area contributed by atoms with E-state index in [0.29, 0.717) is 11.8 Å². The molecule has 110 valence electrons. The third-order valence-corrected chi connectivity index (χ3v) is 11.9. The van der Waals surface area contributed by atoms with Gasteiger partial charge in [0.1, 0.15) is 0 Å². The van der Waals surface area contributed by atoms with Crippen LogP contribution in [0, 0.1) is 11.8 Å². The van der Waals surface area contributed by atoms with Crippen LogP contribution < -0.4 is 0 Å². The van der Waals surface area contributed by atoms with Crippen LogP contribution in [0.25, 0.3) is 0 Å². The third kappa shape index (κ3) is 11.3. The molecule has 0 aromatic carbocycles. The van der Waals surface area contributed by atoms with Crippen LogP contribution >= 0.6 is 35.1 Å². The van der Waals surface area contributed by atoms with Crippen molar-refractivity contribution in [3.8, 4) is 0 Å². The van der Waals surface area contributed by atoms with Gasteiger partial charge in [-0.05, 0) is 24.2 Å². The summed E-state index contributed by atoms with van der Waals surface area (Å²) in [5.41, 5.74) is 0. The summed E-state index contributed by atoms with van der Waals surface area (Å²) >= 11 is 6.12. The first-order valence-corrected chi connectivity index (χ1v) is 19.4. The Labute approximate surface area is 132 Å². The van der Waals surface area contributed by atoms with Gasteiger partial charge in [-0.25, -0.2) is 0 Å². The normalized spacial score (nSPS) is 15.0. The Morgan fingerprint density at radius 3 is 1.94 bits per heavy atom. The van der Waals surface area contributed by atoms with Gasteiger partial charge >= 0.3 is 68.2 Å². The first-order valence-electron chi connectivity index (χ1n) is 6.09. The summed E-state index contributed by atoms with van der Waals surface area (Å²) in [6, 6.07) is 0. The molecule has 0 saturated carbocycles. The van der Waals surface area contributed by atoms with E-state index in [1.165, 1.54) is 0 Å². The number of allylic oxidation sites excluding steroid dienone is 4. The van der Waals surface area contributed by atoms with Gasteiger partial charge in [0.05, 0.1) is 0 Å². The topological polar surface area (TPSA) is 20.2 Å². The minimum absolute atomic E-state index is 0.648. The van der Waals surface area contributed by atoms with E-state index in [0.717, 1.165) is 18.7 Å². The van der Waals surface area contributed by atoms with E-state index in [1.807, 2.05) is 0 Å². The molecule has 0 aromatic heterocycles. The molecule has 1 nitrogen and oxygen atoms in total. The van der Waals surface area contributed by atoms with Crippen molar-refractivity contribution in [2.75, 3.05) is 12.3 Å². The monoisotopic (exact) mass is 578 g/mol. The molecule has 0 bridgehead atoms. The van der Waals surface area contributed by atoms with Gasteiger partial charge in [-0.2, -0.15) is 0 Å². The van der Waals surface area contributed by atoms with E-state index in [-0.39, 0.29) is 0 Å². The van der Waals surface area contributed by atoms with Crippen molar-refractivity contribution < 1.29 is 17.4 Å². The van der Waals surface area contributed by atoms with Crippen molar-refractivity contribution in [1.82, 2.24) is 0 Å². The van der Waals surface area contributed by atoms with Crippen LogP contribution in [0.4, 0.5) is 0 Å². The predicted octanol–water partition coefficient (Wildman–Crippen LogP) is 5.76. The average Bonchev–Trinajstić information content (AvgIpc) is 2.67. The van der Waals surface area contributed by atoms with Gasteiger partial charge in [0.15, 0.2) is 0 Å². The first kappa shape index (κ1) is 19.5. The Balaban J connectivity index is 0.000000327. The molecule has 1 N–H and O–H groups in total. The molecule has 0 aliphatic heterocycles. The van der Waals surface area contributed by atoms with E-state index >= 15 is 0 Å². The van der Waals surface area contributed by atoms with Crippen molar-refractivity contribution in [1.29, 1.82) is 0 Å². The van der Waals surface area contributed by atoms with Crippen LogP contribution in [-0.4, -0.2) is 17.2 Å². The molecule has 0 radical (unpaired) electrons. The zero-order valence-electron chi connectivity index (χ0n) is 11.5. The Bertz CT molecular complexity index is 268. The second kappa shape index (κ2) is 11.2. The number of hydrogen-bond acceptors (Lipinski definition) is 1. The summed E-state index contributed by atoms with van der Waals surface area (Å²) in [6.07, 6.45) is 9.67. The third-order valence-electron chi connectivity index (χ3n) is 2.02. The van der Waals surface area contributed by atoms with Gasteiger partial charge in [0.2, 0.25) is 0 Å².